The molecule has 13 atom stereocenters. The van der Waals surface area contributed by atoms with Gasteiger partial charge in [0.1, 0.15) is 6.10 Å². The van der Waals surface area contributed by atoms with Gasteiger partial charge in [-0.25, -0.2) is 19.4 Å². The molecule has 1 saturated carbocycles. The van der Waals surface area contributed by atoms with E-state index in [4.69, 9.17) is 42.9 Å². The number of hydrogen-bond acceptors (Lipinski definition) is 12. The molecule has 2 unspecified atom stereocenters. The lowest BCUT2D eigenvalue weighted by Gasteiger charge is -2.60. The number of carbonyl (C=O) groups excluding carboxylic acids is 3. The van der Waals surface area contributed by atoms with Crippen molar-refractivity contribution in [1.29, 1.82) is 0 Å². The number of hydrogen-bond donors (Lipinski definition) is 0. The van der Waals surface area contributed by atoms with Gasteiger partial charge in [-0.3, -0.25) is 4.79 Å². The molecule has 5 aliphatic heterocycles. The average molecular weight is 779 g/mol. The number of ether oxygens (including phenoxy) is 7. The molecule has 0 radical (unpaired) electrons. The van der Waals surface area contributed by atoms with Crippen LogP contribution in [0.15, 0.2) is 60.7 Å². The first-order valence-corrected chi connectivity index (χ1v) is 20.6. The maximum absolute atomic E-state index is 13.1. The number of benzene rings is 2. The molecule has 2 aromatic carbocycles. The van der Waals surface area contributed by atoms with Crippen molar-refractivity contribution in [3.8, 4) is 0 Å². The lowest BCUT2D eigenvalue weighted by Crippen LogP contribution is -2.70. The van der Waals surface area contributed by atoms with E-state index >= 15 is 0 Å². The van der Waals surface area contributed by atoms with Gasteiger partial charge >= 0.3 is 17.9 Å². The number of esters is 3. The minimum Gasteiger partial charge on any atom is -0.466 e. The maximum Gasteiger partial charge on any atom is 0.338 e. The minimum atomic E-state index is -0.869. The van der Waals surface area contributed by atoms with Crippen LogP contribution in [-0.2, 0) is 47.7 Å². The first-order chi connectivity index (χ1) is 27.0. The summed E-state index contributed by atoms with van der Waals surface area (Å²) in [6, 6.07) is 17.4. The third-order valence-corrected chi connectivity index (χ3v) is 12.7. The van der Waals surface area contributed by atoms with Crippen molar-refractivity contribution < 1.29 is 57.3 Å². The van der Waals surface area contributed by atoms with Crippen LogP contribution in [0, 0.1) is 23.7 Å². The summed E-state index contributed by atoms with van der Waals surface area (Å²) in [7, 11) is 0. The molecule has 6 fully saturated rings. The molecule has 8 rings (SSSR count). The smallest absolute Gasteiger partial charge is 0.338 e. The Morgan fingerprint density at radius 2 is 1.50 bits per heavy atom. The molecular formula is C44H58O12. The van der Waals surface area contributed by atoms with E-state index in [0.29, 0.717) is 42.2 Å². The molecule has 0 N–H and O–H groups in total. The number of fused-ring (bicyclic) bond motifs is 2. The fourth-order valence-electron chi connectivity index (χ4n) is 9.51. The minimum absolute atomic E-state index is 0.117. The van der Waals surface area contributed by atoms with Crippen LogP contribution >= 0.6 is 0 Å². The Morgan fingerprint density at radius 1 is 0.821 bits per heavy atom. The summed E-state index contributed by atoms with van der Waals surface area (Å²) < 4.78 is 43.0. The molecule has 0 amide bonds. The fraction of sp³-hybridized carbons (Fsp3) is 0.659. The normalized spacial score (nSPS) is 36.7. The second kappa shape index (κ2) is 17.6. The average Bonchev–Trinajstić information content (AvgIpc) is 3.43. The summed E-state index contributed by atoms with van der Waals surface area (Å²) in [5.74, 6) is -0.812. The Hall–Kier alpha value is -3.39. The highest BCUT2D eigenvalue weighted by atomic mass is 17.3. The maximum atomic E-state index is 13.1. The SMILES string of the molecule is C[C@H]1[C@@H](CCOC(=O)CCCC[C@H](C)O[C@@H]2O[C@@H](C)[C@H](OC(=O)c3ccccc3)CC2OC(=O)c2ccccc2)OC2O[C@]3(C)CC[C@H]4[C@H](C)CC[C@@H]1[C@@]24OO3. The second-order valence-electron chi connectivity index (χ2n) is 16.7. The van der Waals surface area contributed by atoms with E-state index in [1.165, 1.54) is 0 Å². The summed E-state index contributed by atoms with van der Waals surface area (Å²) in [6.45, 7) is 10.5. The van der Waals surface area contributed by atoms with Crippen LogP contribution in [0.1, 0.15) is 120 Å². The lowest BCUT2D eigenvalue weighted by atomic mass is 9.57. The Labute approximate surface area is 330 Å². The fourth-order valence-corrected chi connectivity index (χ4v) is 9.51. The van der Waals surface area contributed by atoms with Crippen LogP contribution in [0.3, 0.4) is 0 Å². The van der Waals surface area contributed by atoms with Gasteiger partial charge in [-0.1, -0.05) is 56.7 Å². The zero-order valence-electron chi connectivity index (χ0n) is 33.3. The summed E-state index contributed by atoms with van der Waals surface area (Å²) in [6.07, 6.45) is 3.27. The van der Waals surface area contributed by atoms with E-state index in [-0.39, 0.29) is 49.5 Å². The van der Waals surface area contributed by atoms with Gasteiger partial charge in [0.05, 0.1) is 36.0 Å². The van der Waals surface area contributed by atoms with E-state index < -0.39 is 54.2 Å². The zero-order chi connectivity index (χ0) is 39.5. The molecule has 0 aromatic heterocycles. The van der Waals surface area contributed by atoms with Crippen molar-refractivity contribution >= 4 is 17.9 Å². The molecule has 2 aromatic rings. The number of carbonyl (C=O) groups is 3. The molecule has 5 heterocycles. The van der Waals surface area contributed by atoms with Gasteiger partial charge in [-0.2, -0.15) is 0 Å². The Bertz CT molecular complexity index is 1640. The predicted octanol–water partition coefficient (Wildman–Crippen LogP) is 7.72. The third kappa shape index (κ3) is 8.85. The van der Waals surface area contributed by atoms with Crippen LogP contribution in [0.2, 0.25) is 0 Å². The van der Waals surface area contributed by atoms with E-state index in [1.807, 2.05) is 32.9 Å². The van der Waals surface area contributed by atoms with Crippen molar-refractivity contribution in [2.24, 2.45) is 23.7 Å². The molecule has 12 heteroatoms. The molecule has 12 nitrogen and oxygen atoms in total. The van der Waals surface area contributed by atoms with Gasteiger partial charge in [-0.05, 0) is 94.9 Å². The summed E-state index contributed by atoms with van der Waals surface area (Å²) in [4.78, 5) is 50.9. The first-order valence-electron chi connectivity index (χ1n) is 20.6. The molecule has 6 aliphatic rings. The van der Waals surface area contributed by atoms with Gasteiger partial charge in [-0.15, -0.1) is 0 Å². The van der Waals surface area contributed by atoms with Crippen molar-refractivity contribution in [3.05, 3.63) is 71.8 Å². The molecule has 1 spiro atoms. The largest absolute Gasteiger partial charge is 0.466 e. The van der Waals surface area contributed by atoms with Crippen molar-refractivity contribution in [1.82, 2.24) is 0 Å². The summed E-state index contributed by atoms with van der Waals surface area (Å²) >= 11 is 0. The topological polar surface area (TPSA) is 134 Å². The van der Waals surface area contributed by atoms with Crippen LogP contribution < -0.4 is 0 Å². The molecule has 1 aliphatic carbocycles. The van der Waals surface area contributed by atoms with Crippen LogP contribution in [0.4, 0.5) is 0 Å². The predicted molar refractivity (Wildman–Crippen MR) is 202 cm³/mol. The van der Waals surface area contributed by atoms with Crippen LogP contribution in [-0.4, -0.2) is 79.0 Å². The molecular weight excluding hydrogens is 720 g/mol. The summed E-state index contributed by atoms with van der Waals surface area (Å²) in [5.41, 5.74) is 0.219. The van der Waals surface area contributed by atoms with Gasteiger partial charge in [0.25, 0.3) is 0 Å². The lowest BCUT2D eigenvalue weighted by molar-refractivity contribution is -0.571. The zero-order valence-corrected chi connectivity index (χ0v) is 33.3. The van der Waals surface area contributed by atoms with Gasteiger partial charge in [0.2, 0.25) is 5.79 Å². The number of unbranched alkanes of at least 4 members (excludes halogenated alkanes) is 1. The second-order valence-corrected chi connectivity index (χ2v) is 16.7. The van der Waals surface area contributed by atoms with Crippen molar-refractivity contribution in [3.63, 3.8) is 0 Å². The molecule has 56 heavy (non-hydrogen) atoms. The highest BCUT2D eigenvalue weighted by Crippen LogP contribution is 2.60. The summed E-state index contributed by atoms with van der Waals surface area (Å²) in [5, 5.41) is 0. The van der Waals surface area contributed by atoms with E-state index in [2.05, 4.69) is 13.8 Å². The highest BCUT2D eigenvalue weighted by Gasteiger charge is 2.69. The molecule has 306 valence electrons. The Kier molecular flexibility index (Phi) is 12.8. The molecule has 5 saturated heterocycles. The van der Waals surface area contributed by atoms with Gasteiger partial charge in [0, 0.05) is 31.6 Å². The number of rotatable bonds is 14. The van der Waals surface area contributed by atoms with Crippen LogP contribution in [0.25, 0.3) is 0 Å². The van der Waals surface area contributed by atoms with Crippen molar-refractivity contribution in [2.45, 2.75) is 153 Å². The van der Waals surface area contributed by atoms with Crippen molar-refractivity contribution in [2.75, 3.05) is 6.61 Å². The Balaban J connectivity index is 0.860. The monoisotopic (exact) mass is 778 g/mol. The quantitative estimate of drug-likeness (QED) is 0.0805. The van der Waals surface area contributed by atoms with E-state index in [0.717, 1.165) is 32.1 Å². The highest BCUT2D eigenvalue weighted by molar-refractivity contribution is 5.90. The first kappa shape index (κ1) is 40.8. The Morgan fingerprint density at radius 3 is 2.20 bits per heavy atom. The van der Waals surface area contributed by atoms with Gasteiger partial charge < -0.3 is 33.2 Å². The standard InChI is InChI=1S/C44H58O12/c1-27-20-21-34-29(3)35(53-42-44(34)33(27)22-24-43(5,54-42)55-56-44)23-25-48-38(45)19-13-12-14-28(2)49-41-37(52-40(47)32-17-10-7-11-18-32)26-36(30(4)50-41)51-39(46)31-15-8-6-9-16-31/h6-11,15-18,27-30,33-37,41-42H,12-14,19-26H2,1-5H3/t27-,28+,29-,30+,33+,34+,35-,36-,37?,41-,42?,43+,44-/m1/s1. The third-order valence-electron chi connectivity index (χ3n) is 12.7. The van der Waals surface area contributed by atoms with E-state index in [9.17, 15) is 14.4 Å². The van der Waals surface area contributed by atoms with Gasteiger partial charge in [0.15, 0.2) is 24.3 Å². The molecule has 2 bridgehead atoms. The van der Waals surface area contributed by atoms with Crippen LogP contribution in [0.5, 0.6) is 0 Å². The van der Waals surface area contributed by atoms with E-state index in [1.54, 1.807) is 48.5 Å².